The number of hydrogen-bond donors (Lipinski definition) is 1. The molecule has 0 aliphatic carbocycles. The second-order valence-electron chi connectivity index (χ2n) is 25.2. The molecule has 0 aromatic carbocycles. The molecular weight excluding hydrogens is 1180 g/mol. The Labute approximate surface area is 577 Å². The lowest BCUT2D eigenvalue weighted by molar-refractivity contribution is -0.870. The van der Waals surface area contributed by atoms with E-state index in [9.17, 15) is 19.0 Å². The second kappa shape index (κ2) is 72.1. The molecule has 0 saturated heterocycles. The van der Waals surface area contributed by atoms with Crippen LogP contribution in [0.1, 0.15) is 271 Å². The average molecular weight is 1320 g/mol. The van der Waals surface area contributed by atoms with Crippen molar-refractivity contribution >= 4 is 19.8 Å². The summed E-state index contributed by atoms with van der Waals surface area (Å²) in [6.07, 6.45) is 113. The Morgan fingerprint density at radius 2 is 0.574 bits per heavy atom. The largest absolute Gasteiger partial charge is 0.472 e. The van der Waals surface area contributed by atoms with Gasteiger partial charge in [-0.05, 0) is 141 Å². The molecule has 0 aliphatic rings. The van der Waals surface area contributed by atoms with Gasteiger partial charge in [-0.15, -0.1) is 0 Å². The first-order chi connectivity index (χ1) is 46.0. The number of likely N-dealkylation sites (N-methyl/N-ethyl adjacent to an activating group) is 1. The highest BCUT2D eigenvalue weighted by atomic mass is 31.2. The average Bonchev–Trinajstić information content (AvgIpc) is 1.57. The number of phosphoric ester groups is 1. The van der Waals surface area contributed by atoms with E-state index in [1.165, 1.54) is 89.9 Å². The van der Waals surface area contributed by atoms with Gasteiger partial charge in [-0.1, -0.05) is 311 Å². The van der Waals surface area contributed by atoms with Gasteiger partial charge in [0, 0.05) is 12.8 Å². The Hall–Kier alpha value is -5.15. The van der Waals surface area contributed by atoms with Crippen molar-refractivity contribution in [3.8, 4) is 0 Å². The van der Waals surface area contributed by atoms with Crippen LogP contribution in [-0.4, -0.2) is 74.9 Å². The Balaban J connectivity index is 4.15. The van der Waals surface area contributed by atoms with E-state index < -0.39 is 26.5 Å². The summed E-state index contributed by atoms with van der Waals surface area (Å²) in [5.74, 6) is -0.835. The van der Waals surface area contributed by atoms with Crippen LogP contribution in [0.5, 0.6) is 0 Å². The Morgan fingerprint density at radius 3 is 0.851 bits per heavy atom. The lowest BCUT2D eigenvalue weighted by Gasteiger charge is -2.24. The Bertz CT molecular complexity index is 2290. The van der Waals surface area contributed by atoms with E-state index in [2.05, 4.69) is 208 Å². The van der Waals surface area contributed by atoms with E-state index >= 15 is 0 Å². The van der Waals surface area contributed by atoms with Gasteiger partial charge in [-0.3, -0.25) is 18.6 Å². The molecule has 10 heteroatoms. The van der Waals surface area contributed by atoms with Gasteiger partial charge >= 0.3 is 19.8 Å². The van der Waals surface area contributed by atoms with Gasteiger partial charge in [0.2, 0.25) is 0 Å². The minimum Gasteiger partial charge on any atom is -0.462 e. The summed E-state index contributed by atoms with van der Waals surface area (Å²) in [7, 11) is 1.44. The minimum atomic E-state index is -4.41. The number of quaternary nitrogens is 1. The van der Waals surface area contributed by atoms with Gasteiger partial charge in [0.25, 0.3) is 0 Å². The minimum absolute atomic E-state index is 0.0170. The number of hydrogen-bond acceptors (Lipinski definition) is 7. The summed E-state index contributed by atoms with van der Waals surface area (Å²) < 4.78 is 34.7. The van der Waals surface area contributed by atoms with Crippen molar-refractivity contribution in [1.29, 1.82) is 0 Å². The number of unbranched alkanes of at least 4 members (excludes halogenated alkanes) is 20. The van der Waals surface area contributed by atoms with Gasteiger partial charge in [-0.25, -0.2) is 4.57 Å². The van der Waals surface area contributed by atoms with Crippen molar-refractivity contribution in [3.63, 3.8) is 0 Å². The van der Waals surface area contributed by atoms with Crippen LogP contribution in [0.25, 0.3) is 0 Å². The molecule has 0 heterocycles. The maximum atomic E-state index is 12.9. The molecule has 0 spiro atoms. The van der Waals surface area contributed by atoms with Crippen molar-refractivity contribution in [2.45, 2.75) is 277 Å². The number of allylic oxidation sites excluding steroid dienone is 32. The highest BCUT2D eigenvalue weighted by Crippen LogP contribution is 2.43. The van der Waals surface area contributed by atoms with E-state index in [4.69, 9.17) is 18.5 Å². The van der Waals surface area contributed by atoms with Crippen LogP contribution >= 0.6 is 7.82 Å². The fourth-order valence-electron chi connectivity index (χ4n) is 9.52. The SMILES string of the molecule is CC/C=C\C/C=C\C/C=C\C/C=C\C/C=C\C/C=C\C/C=C\C/C=C\C/C=C\C/C=C\C/C=C\C/C=C\CCCCCCC(=O)OC(COC(=O)CCCCCCCCCCCCCCCCCC/C=C\C/C=C\C/C=C\C/C=C\CC)COP(=O)(O)OCC[N+](C)(C)C. The number of carbonyl (C=O) groups is 2. The number of ether oxygens (including phenoxy) is 2. The zero-order valence-electron chi connectivity index (χ0n) is 60.4. The van der Waals surface area contributed by atoms with E-state index in [0.29, 0.717) is 17.4 Å². The Morgan fingerprint density at radius 1 is 0.330 bits per heavy atom. The van der Waals surface area contributed by atoms with Crippen LogP contribution in [0.4, 0.5) is 0 Å². The topological polar surface area (TPSA) is 108 Å². The molecular formula is C84H137NO8P+. The summed E-state index contributed by atoms with van der Waals surface area (Å²) >= 11 is 0. The molecule has 0 fully saturated rings. The number of carbonyl (C=O) groups excluding carboxylic acids is 2. The quantitative estimate of drug-likeness (QED) is 0.0211. The normalized spacial score (nSPS) is 14.2. The lowest BCUT2D eigenvalue weighted by Crippen LogP contribution is -2.37. The fraction of sp³-hybridized carbons (Fsp3) is 0.595. The van der Waals surface area contributed by atoms with Gasteiger partial charge in [0.1, 0.15) is 19.8 Å². The summed E-state index contributed by atoms with van der Waals surface area (Å²) in [4.78, 5) is 35.9. The molecule has 0 aromatic rings. The van der Waals surface area contributed by atoms with Crippen LogP contribution in [0.15, 0.2) is 194 Å². The number of esters is 2. The third kappa shape index (κ3) is 75.9. The molecule has 0 amide bonds. The van der Waals surface area contributed by atoms with Gasteiger partial charge in [0.15, 0.2) is 6.10 Å². The van der Waals surface area contributed by atoms with Gasteiger partial charge < -0.3 is 18.9 Å². The van der Waals surface area contributed by atoms with Gasteiger partial charge in [-0.2, -0.15) is 0 Å². The first-order valence-corrected chi connectivity index (χ1v) is 38.7. The molecule has 0 saturated carbocycles. The van der Waals surface area contributed by atoms with Crippen LogP contribution in [0.3, 0.4) is 0 Å². The van der Waals surface area contributed by atoms with Crippen molar-refractivity contribution in [2.24, 2.45) is 0 Å². The molecule has 1 N–H and O–H groups in total. The highest BCUT2D eigenvalue weighted by molar-refractivity contribution is 7.47. The monoisotopic (exact) mass is 1320 g/mol. The summed E-state index contributed by atoms with van der Waals surface area (Å²) in [5.41, 5.74) is 0. The standard InChI is InChI=1S/C84H136NO8P/c1-6-8-10-12-14-16-18-20-22-24-26-28-30-32-34-36-37-38-39-40-41-42-43-44-45-46-47-49-51-53-55-57-59-61-63-65-67-69-71-73-75-77-84(87)93-82(81-92-94(88,89)91-79-78-85(3,4)5)80-90-83(86)76-74-72-70-68-66-64-62-60-58-56-54-52-50-48-35-33-31-29-27-25-23-21-19-17-15-13-11-9-7-2/h8-11,14-17,20-23,26-29,32,34,37-38,40-41,43-44,46-47,51,53,57,59,63,65,82H,6-7,12-13,18-19,24-25,30-31,33,35-36,39,42,45,48-50,52,54-56,58,60-62,64,66-81H2,1-5H3/p+1/b10-8-,11-9-,16-14-,17-15-,22-20-,23-21-,28-26-,29-27-,34-32-,38-37-,41-40-,44-43-,47-46-,53-51-,59-57-,65-63-. The molecule has 2 unspecified atom stereocenters. The molecule has 2 atom stereocenters. The molecule has 9 nitrogen and oxygen atoms in total. The molecule has 94 heavy (non-hydrogen) atoms. The van der Waals surface area contributed by atoms with Crippen LogP contribution in [0, 0.1) is 0 Å². The maximum Gasteiger partial charge on any atom is 0.472 e. The Kier molecular flexibility index (Phi) is 68.2. The van der Waals surface area contributed by atoms with Crippen molar-refractivity contribution in [1.82, 2.24) is 0 Å². The number of nitrogens with zero attached hydrogens (tertiary/aromatic N) is 1. The van der Waals surface area contributed by atoms with E-state index in [1.54, 1.807) is 0 Å². The molecule has 0 rings (SSSR count). The first-order valence-electron chi connectivity index (χ1n) is 37.2. The van der Waals surface area contributed by atoms with Crippen molar-refractivity contribution < 1.29 is 42.1 Å². The molecule has 0 aliphatic heterocycles. The van der Waals surface area contributed by atoms with Crippen LogP contribution < -0.4 is 0 Å². The summed E-state index contributed by atoms with van der Waals surface area (Å²) in [5, 5.41) is 0. The predicted molar refractivity (Wildman–Crippen MR) is 408 cm³/mol. The summed E-state index contributed by atoms with van der Waals surface area (Å²) in [6, 6.07) is 0. The molecule has 530 valence electrons. The fourth-order valence-corrected chi connectivity index (χ4v) is 10.3. The lowest BCUT2D eigenvalue weighted by atomic mass is 10.0. The van der Waals surface area contributed by atoms with Crippen molar-refractivity contribution in [3.05, 3.63) is 194 Å². The van der Waals surface area contributed by atoms with E-state index in [0.717, 1.165) is 148 Å². The first kappa shape index (κ1) is 88.8. The van der Waals surface area contributed by atoms with E-state index in [1.807, 2.05) is 21.1 Å². The van der Waals surface area contributed by atoms with E-state index in [-0.39, 0.29) is 32.0 Å². The number of rotatable bonds is 66. The maximum absolute atomic E-state index is 12.9. The third-order valence-corrected chi connectivity index (χ3v) is 16.1. The highest BCUT2D eigenvalue weighted by Gasteiger charge is 2.27. The van der Waals surface area contributed by atoms with Crippen LogP contribution in [0.2, 0.25) is 0 Å². The predicted octanol–water partition coefficient (Wildman–Crippen LogP) is 24.8. The van der Waals surface area contributed by atoms with Gasteiger partial charge in [0.05, 0.1) is 27.7 Å². The third-order valence-electron chi connectivity index (χ3n) is 15.1. The molecule has 0 radical (unpaired) electrons. The van der Waals surface area contributed by atoms with Crippen molar-refractivity contribution in [2.75, 3.05) is 47.5 Å². The smallest absolute Gasteiger partial charge is 0.462 e. The molecule has 0 bridgehead atoms. The zero-order chi connectivity index (χ0) is 68.3. The summed E-state index contributed by atoms with van der Waals surface area (Å²) in [6.45, 7) is 4.17. The zero-order valence-corrected chi connectivity index (χ0v) is 61.3. The van der Waals surface area contributed by atoms with Crippen LogP contribution in [-0.2, 0) is 32.7 Å². The number of phosphoric acid groups is 1. The molecule has 0 aromatic heterocycles. The second-order valence-corrected chi connectivity index (χ2v) is 26.7.